The first kappa shape index (κ1) is 14.8. The molecule has 0 amide bonds. The molecule has 0 fully saturated rings. The summed E-state index contributed by atoms with van der Waals surface area (Å²) < 4.78 is 259. The maximum absolute atomic E-state index is 10.2. The van der Waals surface area contributed by atoms with Crippen molar-refractivity contribution in [2.45, 2.75) is 6.92 Å². The third-order valence-electron chi connectivity index (χ3n) is 10.7. The summed E-state index contributed by atoms with van der Waals surface area (Å²) in [6.07, 6.45) is 0. The first-order chi connectivity index (χ1) is 39.5. The van der Waals surface area contributed by atoms with Gasteiger partial charge in [-0.1, -0.05) is 96.7 Å². The van der Waals surface area contributed by atoms with Crippen molar-refractivity contribution in [3.8, 4) is 16.8 Å². The van der Waals surface area contributed by atoms with Gasteiger partial charge in [0.25, 0.3) is 6.71 Å². The zero-order valence-corrected chi connectivity index (χ0v) is 29.6. The van der Waals surface area contributed by atoms with Crippen LogP contribution in [0.4, 0.5) is 34.1 Å². The minimum atomic E-state index is -1.80. The monoisotopic (exact) mass is 770 g/mol. The molecule has 57 heavy (non-hydrogen) atoms. The van der Waals surface area contributed by atoms with E-state index in [1.165, 1.54) is 11.8 Å². The maximum Gasteiger partial charge on any atom is 0.297 e. The SMILES string of the molecule is [2H]c1c([2H])c([2H])c(-c2c([2H])c([2H])c3oc4c(c3c2[2H])N(c2c([2H])c([2H])c3sc5c([2H])c([2H])c([2H])c([2H])c5c3c2[2H])c2c([2H])c(C)c([2H])c3c2B4c2c([2H])c([2H])c([2H])c4c2N3c2c([2H])c([2H])c([2H])c3c5c([2H])c([2H])c([2H])c([2H])c5n-4c23)c([2H])c1[2H]. The van der Waals surface area contributed by atoms with E-state index in [0.717, 1.165) is 9.47 Å². The Hall–Kier alpha value is -7.02. The number of anilines is 6. The number of aromatic nitrogens is 1. The standard InChI is InChI=1S/C51H30BN3OS/c1-29-25-42-47-43(26-29)55-40-18-9-15-35-33-13-5-7-17-39(33)54(48(35)40)41-19-10-16-38(50(41)55)52(47)51-49(37-27-31(21-23-44(37)56-51)30-11-3-2-4-12-30)53(42)32-22-24-46-36(28-32)34-14-6-8-20-45(34)57-46/h2-28H,1H3/i2D,3D,4D,5D,6D,7D,8D,9D,10D,11D,12D,13D,14D,15D,16D,17D,18D,19D,20D,21D,22D,23D,24D,25D,26D,27D,28D. The summed E-state index contributed by atoms with van der Waals surface area (Å²) in [5, 5.41) is -1.64. The first-order valence-electron chi connectivity index (χ1n) is 30.9. The first-order valence-corrected chi connectivity index (χ1v) is 18.3. The largest absolute Gasteiger partial charge is 0.468 e. The normalized spacial score (nSPS) is 20.2. The Balaban J connectivity index is 1.26. The summed E-state index contributed by atoms with van der Waals surface area (Å²) in [6, 6.07) is -20.1. The number of rotatable bonds is 2. The van der Waals surface area contributed by atoms with Crippen LogP contribution in [0, 0.1) is 6.92 Å². The summed E-state index contributed by atoms with van der Waals surface area (Å²) in [7, 11) is 0. The van der Waals surface area contributed by atoms with E-state index in [0.29, 0.717) is 11.3 Å². The minimum absolute atomic E-state index is 0.0926. The van der Waals surface area contributed by atoms with Crippen LogP contribution in [-0.2, 0) is 0 Å². The molecule has 8 aromatic carbocycles. The minimum Gasteiger partial charge on any atom is -0.468 e. The molecular formula is C51H30BN3OS. The van der Waals surface area contributed by atoms with Gasteiger partial charge in [0.15, 0.2) is 0 Å². The van der Waals surface area contributed by atoms with Gasteiger partial charge in [0, 0.05) is 53.4 Å². The van der Waals surface area contributed by atoms with Crippen molar-refractivity contribution < 1.29 is 41.4 Å². The van der Waals surface area contributed by atoms with Crippen molar-refractivity contribution in [2.75, 3.05) is 9.80 Å². The molecule has 0 atom stereocenters. The van der Waals surface area contributed by atoms with E-state index in [2.05, 4.69) is 0 Å². The summed E-state index contributed by atoms with van der Waals surface area (Å²) in [5.74, 6) is 0. The third kappa shape index (κ3) is 3.79. The Morgan fingerprint density at radius 1 is 0.544 bits per heavy atom. The lowest BCUT2D eigenvalue weighted by atomic mass is 9.35. The van der Waals surface area contributed by atoms with Crippen LogP contribution in [0.5, 0.6) is 0 Å². The van der Waals surface area contributed by atoms with E-state index in [1.807, 2.05) is 0 Å². The van der Waals surface area contributed by atoms with Gasteiger partial charge >= 0.3 is 0 Å². The van der Waals surface area contributed by atoms with Gasteiger partial charge in [-0.3, -0.25) is 0 Å². The van der Waals surface area contributed by atoms with Gasteiger partial charge in [0.2, 0.25) is 0 Å². The molecule has 11 aromatic rings. The van der Waals surface area contributed by atoms with Crippen LogP contribution in [0.25, 0.3) is 69.8 Å². The molecule has 0 N–H and O–H groups in total. The highest BCUT2D eigenvalue weighted by molar-refractivity contribution is 7.25. The van der Waals surface area contributed by atoms with Crippen LogP contribution in [0.15, 0.2) is 168 Å². The molecule has 0 saturated heterocycles. The van der Waals surface area contributed by atoms with Crippen molar-refractivity contribution in [1.29, 1.82) is 0 Å². The summed E-state index contributed by atoms with van der Waals surface area (Å²) in [4.78, 5) is 2.25. The van der Waals surface area contributed by atoms with Crippen LogP contribution < -0.4 is 26.4 Å². The van der Waals surface area contributed by atoms with Crippen molar-refractivity contribution in [2.24, 2.45) is 0 Å². The molecule has 3 aliphatic rings. The zero-order valence-electron chi connectivity index (χ0n) is 55.7. The Bertz CT molecular complexity index is 5140. The summed E-state index contributed by atoms with van der Waals surface area (Å²) >= 11 is 0.708. The number of nitrogens with zero attached hydrogens (tertiary/aromatic N) is 3. The van der Waals surface area contributed by atoms with E-state index in [-0.39, 0.29) is 81.2 Å². The molecule has 0 bridgehead atoms. The van der Waals surface area contributed by atoms with Crippen LogP contribution in [-0.4, -0.2) is 11.3 Å². The van der Waals surface area contributed by atoms with Crippen molar-refractivity contribution >= 4 is 122 Å². The predicted octanol–water partition coefficient (Wildman–Crippen LogP) is 12.3. The number of furan rings is 1. The van der Waals surface area contributed by atoms with E-state index < -0.39 is 215 Å². The molecule has 0 spiro atoms. The van der Waals surface area contributed by atoms with Crippen LogP contribution >= 0.6 is 11.3 Å². The number of para-hydroxylation sites is 3. The fourth-order valence-corrected chi connectivity index (χ4v) is 9.44. The Labute approximate surface area is 370 Å². The van der Waals surface area contributed by atoms with E-state index in [9.17, 15) is 21.9 Å². The smallest absolute Gasteiger partial charge is 0.297 e. The third-order valence-corrected chi connectivity index (χ3v) is 11.7. The summed E-state index contributed by atoms with van der Waals surface area (Å²) in [5.41, 5.74) is -6.82. The van der Waals surface area contributed by atoms with Gasteiger partial charge in [-0.05, 0) is 101 Å². The van der Waals surface area contributed by atoms with Crippen molar-refractivity contribution in [3.05, 3.63) is 169 Å². The molecule has 14 rings (SSSR count). The second-order valence-corrected chi connectivity index (χ2v) is 14.6. The van der Waals surface area contributed by atoms with Crippen LogP contribution in [0.3, 0.4) is 0 Å². The Morgan fingerprint density at radius 3 is 2.21 bits per heavy atom. The van der Waals surface area contributed by atoms with Crippen molar-refractivity contribution in [3.63, 3.8) is 0 Å². The highest BCUT2D eigenvalue weighted by Crippen LogP contribution is 2.53. The fourth-order valence-electron chi connectivity index (χ4n) is 8.52. The van der Waals surface area contributed by atoms with Crippen molar-refractivity contribution in [1.82, 2.24) is 4.57 Å². The number of benzene rings is 8. The van der Waals surface area contributed by atoms with Gasteiger partial charge in [-0.15, -0.1) is 11.3 Å². The number of thiophene rings is 1. The average Bonchev–Trinajstić information content (AvgIpc) is 1.25. The highest BCUT2D eigenvalue weighted by atomic mass is 32.1. The Morgan fingerprint density at radius 2 is 1.30 bits per heavy atom. The quantitative estimate of drug-likeness (QED) is 0.164. The number of fused-ring (bicyclic) bond motifs is 14. The molecule has 0 unspecified atom stereocenters. The number of hydrogen-bond acceptors (Lipinski definition) is 4. The second-order valence-electron chi connectivity index (χ2n) is 13.6. The lowest BCUT2D eigenvalue weighted by molar-refractivity contribution is 0.651. The molecule has 3 aliphatic heterocycles. The molecule has 6 heterocycles. The molecule has 264 valence electrons. The zero-order chi connectivity index (χ0) is 60.6. The molecule has 6 heteroatoms. The van der Waals surface area contributed by atoms with E-state index in [4.69, 9.17) is 19.5 Å². The molecule has 3 aromatic heterocycles. The van der Waals surface area contributed by atoms with E-state index in [1.54, 1.807) is 0 Å². The maximum atomic E-state index is 10.2. The lowest BCUT2D eigenvalue weighted by Gasteiger charge is -2.44. The fraction of sp³-hybridized carbons (Fsp3) is 0.0196. The molecule has 0 saturated carbocycles. The number of hydrogen-bond donors (Lipinski definition) is 0. The van der Waals surface area contributed by atoms with Gasteiger partial charge < -0.3 is 18.8 Å². The Kier molecular flexibility index (Phi) is 2.76. The molecule has 4 nitrogen and oxygen atoms in total. The van der Waals surface area contributed by atoms with Gasteiger partial charge in [0.1, 0.15) is 5.58 Å². The van der Waals surface area contributed by atoms with Gasteiger partial charge in [0.05, 0.1) is 76.5 Å². The van der Waals surface area contributed by atoms with E-state index >= 15 is 0 Å². The predicted molar refractivity (Wildman–Crippen MR) is 241 cm³/mol. The lowest BCUT2D eigenvalue weighted by Crippen LogP contribution is -2.61. The molecular weight excluding hydrogens is 713 g/mol. The van der Waals surface area contributed by atoms with Gasteiger partial charge in [-0.25, -0.2) is 0 Å². The average molecular weight is 771 g/mol. The highest BCUT2D eigenvalue weighted by Gasteiger charge is 2.48. The van der Waals surface area contributed by atoms with Crippen LogP contribution in [0.1, 0.15) is 42.6 Å². The topological polar surface area (TPSA) is 24.6 Å². The molecule has 0 aliphatic carbocycles. The second kappa shape index (κ2) is 10.6. The van der Waals surface area contributed by atoms with Crippen LogP contribution in [0.2, 0.25) is 0 Å². The van der Waals surface area contributed by atoms with Gasteiger partial charge in [-0.2, -0.15) is 0 Å². The molecule has 0 radical (unpaired) electrons. The summed E-state index contributed by atoms with van der Waals surface area (Å²) in [6.45, 7) is -0.463.